The molecule has 1 aliphatic rings. The highest BCUT2D eigenvalue weighted by molar-refractivity contribution is 5.72. The monoisotopic (exact) mass is 549 g/mol. The highest BCUT2D eigenvalue weighted by Gasteiger charge is 2.34. The van der Waals surface area contributed by atoms with E-state index in [0.717, 1.165) is 33.9 Å². The first-order valence-electron chi connectivity index (χ1n) is 12.0. The maximum Gasteiger partial charge on any atom is 0.573 e. The van der Waals surface area contributed by atoms with E-state index in [-0.39, 0.29) is 42.4 Å². The molecule has 39 heavy (non-hydrogen) atoms. The lowest BCUT2D eigenvalue weighted by atomic mass is 9.78. The van der Waals surface area contributed by atoms with Gasteiger partial charge in [-0.15, -0.1) is 13.2 Å². The number of alkyl halides is 3. The smallest absolute Gasteiger partial charge is 0.425 e. The Balaban J connectivity index is 1.61. The van der Waals surface area contributed by atoms with Crippen LogP contribution in [0.2, 0.25) is 0 Å². The normalized spacial score (nSPS) is 14.8. The standard InChI is InChI=1S/C25H23F4N5O5/c1-32-20-19(21(35)33(23(32)36)11-10-24(37)8-3-9-24)34(14-16-7-6-15(26)13-30-16)22(31-20)38-17-4-2-5-18(12-17)39-25(27,28)29/h2,4-7,12-13,37H,3,8-11,14H2,1H3. The van der Waals surface area contributed by atoms with Crippen LogP contribution in [-0.4, -0.2) is 40.7 Å². The number of imidazole rings is 1. The van der Waals surface area contributed by atoms with Crippen LogP contribution in [0.1, 0.15) is 31.4 Å². The van der Waals surface area contributed by atoms with Crippen LogP contribution in [0.25, 0.3) is 11.2 Å². The van der Waals surface area contributed by atoms with Gasteiger partial charge in [0.15, 0.2) is 11.2 Å². The summed E-state index contributed by atoms with van der Waals surface area (Å²) in [5, 5.41) is 10.5. The first-order chi connectivity index (χ1) is 18.4. The molecule has 0 aliphatic heterocycles. The Labute approximate surface area is 217 Å². The third-order valence-corrected chi connectivity index (χ3v) is 6.64. The number of ether oxygens (including phenoxy) is 2. The number of halogens is 4. The average Bonchev–Trinajstić information content (AvgIpc) is 3.20. The van der Waals surface area contributed by atoms with Crippen LogP contribution in [0.15, 0.2) is 52.2 Å². The molecule has 0 amide bonds. The number of aromatic nitrogens is 5. The van der Waals surface area contributed by atoms with E-state index in [0.29, 0.717) is 18.5 Å². The van der Waals surface area contributed by atoms with Crippen molar-refractivity contribution in [3.8, 4) is 17.5 Å². The van der Waals surface area contributed by atoms with E-state index in [4.69, 9.17) is 4.74 Å². The third kappa shape index (κ3) is 5.50. The molecule has 0 atom stereocenters. The molecule has 14 heteroatoms. The van der Waals surface area contributed by atoms with Gasteiger partial charge >= 0.3 is 18.1 Å². The number of nitrogens with zero attached hydrogens (tertiary/aromatic N) is 5. The molecule has 0 unspecified atom stereocenters. The number of fused-ring (bicyclic) bond motifs is 1. The maximum absolute atomic E-state index is 13.6. The molecule has 206 valence electrons. The molecule has 1 N–H and O–H groups in total. The minimum Gasteiger partial charge on any atom is -0.425 e. The van der Waals surface area contributed by atoms with Gasteiger partial charge in [0.25, 0.3) is 5.56 Å². The van der Waals surface area contributed by atoms with Gasteiger partial charge in [0.1, 0.15) is 17.3 Å². The van der Waals surface area contributed by atoms with Gasteiger partial charge < -0.3 is 14.6 Å². The van der Waals surface area contributed by atoms with Crippen LogP contribution in [0.3, 0.4) is 0 Å². The second-order valence-corrected chi connectivity index (χ2v) is 9.37. The Bertz CT molecular complexity index is 1640. The number of hydrogen-bond donors (Lipinski definition) is 1. The van der Waals surface area contributed by atoms with Crippen molar-refractivity contribution >= 4 is 11.2 Å². The van der Waals surface area contributed by atoms with Crippen LogP contribution in [0.4, 0.5) is 17.6 Å². The molecule has 1 aliphatic carbocycles. The Morgan fingerprint density at radius 1 is 1.10 bits per heavy atom. The highest BCUT2D eigenvalue weighted by atomic mass is 19.4. The van der Waals surface area contributed by atoms with Crippen molar-refractivity contribution in [2.45, 2.75) is 50.7 Å². The summed E-state index contributed by atoms with van der Waals surface area (Å²) in [4.78, 5) is 35.0. The van der Waals surface area contributed by atoms with E-state index in [2.05, 4.69) is 14.7 Å². The highest BCUT2D eigenvalue weighted by Crippen LogP contribution is 2.35. The molecule has 5 rings (SSSR count). The summed E-state index contributed by atoms with van der Waals surface area (Å²) in [6.07, 6.45) is -1.72. The molecule has 3 aromatic heterocycles. The number of aliphatic hydroxyl groups is 1. The second-order valence-electron chi connectivity index (χ2n) is 9.37. The first-order valence-corrected chi connectivity index (χ1v) is 12.0. The van der Waals surface area contributed by atoms with Gasteiger partial charge in [-0.05, 0) is 49.9 Å². The Hall–Kier alpha value is -4.20. The molecule has 0 saturated heterocycles. The number of benzene rings is 1. The van der Waals surface area contributed by atoms with Crippen molar-refractivity contribution in [2.24, 2.45) is 7.05 Å². The Morgan fingerprint density at radius 3 is 2.49 bits per heavy atom. The van der Waals surface area contributed by atoms with Gasteiger partial charge in [0, 0.05) is 19.7 Å². The Kier molecular flexibility index (Phi) is 6.66. The molecular weight excluding hydrogens is 526 g/mol. The fourth-order valence-corrected chi connectivity index (χ4v) is 4.43. The number of hydrogen-bond acceptors (Lipinski definition) is 7. The van der Waals surface area contributed by atoms with Gasteiger partial charge in [0.2, 0.25) is 0 Å². The van der Waals surface area contributed by atoms with Crippen molar-refractivity contribution < 1.29 is 32.1 Å². The van der Waals surface area contributed by atoms with Gasteiger partial charge in [-0.2, -0.15) is 4.98 Å². The lowest BCUT2D eigenvalue weighted by Crippen LogP contribution is -2.43. The van der Waals surface area contributed by atoms with Gasteiger partial charge in [-0.1, -0.05) is 6.07 Å². The molecule has 0 bridgehead atoms. The van der Waals surface area contributed by atoms with E-state index in [1.807, 2.05) is 0 Å². The number of aryl methyl sites for hydroxylation is 1. The summed E-state index contributed by atoms with van der Waals surface area (Å²) in [6.45, 7) is -0.173. The van der Waals surface area contributed by atoms with Crippen molar-refractivity contribution in [3.63, 3.8) is 0 Å². The van der Waals surface area contributed by atoms with Gasteiger partial charge in [-0.3, -0.25) is 23.5 Å². The summed E-state index contributed by atoms with van der Waals surface area (Å²) >= 11 is 0. The molecule has 1 fully saturated rings. The SMILES string of the molecule is Cn1c(=O)n(CCC2(O)CCC2)c(=O)c2c1nc(Oc1cccc(OC(F)(F)F)c1)n2Cc1ccc(F)cn1. The molecule has 1 saturated carbocycles. The Morgan fingerprint density at radius 2 is 1.85 bits per heavy atom. The largest absolute Gasteiger partial charge is 0.573 e. The van der Waals surface area contributed by atoms with E-state index in [9.17, 15) is 32.3 Å². The van der Waals surface area contributed by atoms with E-state index in [1.54, 1.807) is 0 Å². The van der Waals surface area contributed by atoms with E-state index >= 15 is 0 Å². The number of rotatable bonds is 8. The molecule has 0 radical (unpaired) electrons. The van der Waals surface area contributed by atoms with Gasteiger partial charge in [-0.25, -0.2) is 9.18 Å². The maximum atomic E-state index is 13.6. The van der Waals surface area contributed by atoms with Crippen LogP contribution in [-0.2, 0) is 20.1 Å². The molecule has 0 spiro atoms. The zero-order valence-corrected chi connectivity index (χ0v) is 20.6. The molecule has 10 nitrogen and oxygen atoms in total. The molecule has 1 aromatic carbocycles. The molecule has 3 heterocycles. The van der Waals surface area contributed by atoms with Gasteiger partial charge in [0.05, 0.1) is 24.0 Å². The van der Waals surface area contributed by atoms with Crippen LogP contribution in [0, 0.1) is 5.82 Å². The van der Waals surface area contributed by atoms with Crippen molar-refractivity contribution in [3.05, 3.63) is 74.9 Å². The minimum atomic E-state index is -4.92. The zero-order valence-electron chi connectivity index (χ0n) is 20.6. The predicted molar refractivity (Wildman–Crippen MR) is 129 cm³/mol. The van der Waals surface area contributed by atoms with Crippen molar-refractivity contribution in [2.75, 3.05) is 0 Å². The second kappa shape index (κ2) is 9.84. The fourth-order valence-electron chi connectivity index (χ4n) is 4.43. The molecular formula is C25H23F4N5O5. The summed E-state index contributed by atoms with van der Waals surface area (Å²) in [6, 6.07) is 7.05. The van der Waals surface area contributed by atoms with Crippen molar-refractivity contribution in [1.29, 1.82) is 0 Å². The lowest BCUT2D eigenvalue weighted by molar-refractivity contribution is -0.274. The van der Waals surface area contributed by atoms with Crippen LogP contribution in [0.5, 0.6) is 17.5 Å². The predicted octanol–water partition coefficient (Wildman–Crippen LogP) is 3.48. The lowest BCUT2D eigenvalue weighted by Gasteiger charge is -2.36. The fraction of sp³-hybridized carbons (Fsp3) is 0.360. The summed E-state index contributed by atoms with van der Waals surface area (Å²) in [7, 11) is 1.41. The average molecular weight is 549 g/mol. The third-order valence-electron chi connectivity index (χ3n) is 6.64. The summed E-state index contributed by atoms with van der Waals surface area (Å²) in [5.41, 5.74) is -2.06. The summed E-state index contributed by atoms with van der Waals surface area (Å²) in [5.74, 6) is -1.20. The molecule has 4 aromatic rings. The number of pyridine rings is 1. The van der Waals surface area contributed by atoms with Crippen molar-refractivity contribution in [1.82, 2.24) is 23.7 Å². The van der Waals surface area contributed by atoms with Crippen LogP contribution >= 0.6 is 0 Å². The van der Waals surface area contributed by atoms with E-state index < -0.39 is 34.8 Å². The van der Waals surface area contributed by atoms with Crippen LogP contribution < -0.4 is 20.7 Å². The topological polar surface area (TPSA) is 113 Å². The summed E-state index contributed by atoms with van der Waals surface area (Å²) < 4.78 is 64.7. The van der Waals surface area contributed by atoms with E-state index in [1.165, 1.54) is 35.9 Å². The zero-order chi connectivity index (χ0) is 27.9. The quantitative estimate of drug-likeness (QED) is 0.335. The minimum absolute atomic E-state index is 0.0368. The first kappa shape index (κ1) is 26.4.